The number of nitrogens with one attached hydrogen (secondary N) is 1. The summed E-state index contributed by atoms with van der Waals surface area (Å²) in [7, 11) is 2.20. The molecule has 2 saturated heterocycles. The molecule has 1 atom stereocenters. The first-order valence-electron chi connectivity index (χ1n) is 10.6. The molecule has 0 radical (unpaired) electrons. The summed E-state index contributed by atoms with van der Waals surface area (Å²) in [5, 5.41) is 12.5. The Bertz CT molecular complexity index is 910. The highest BCUT2D eigenvalue weighted by Gasteiger charge is 2.32. The standard InChI is InChI=1S/C23H30N6/c1-17-5-4-10-29(17)22-15-19(23(2)7-11-28(3)12-8-23)14-21(27-22)26-20-13-18(16-24)6-9-25-20/h6,9,13-15,17H,4-5,7-8,10-12H2,1-3H3,(H,25,26,27). The van der Waals surface area contributed by atoms with Gasteiger partial charge in [-0.1, -0.05) is 6.92 Å². The van der Waals surface area contributed by atoms with E-state index in [9.17, 15) is 5.26 Å². The highest BCUT2D eigenvalue weighted by molar-refractivity contribution is 5.60. The van der Waals surface area contributed by atoms with E-state index < -0.39 is 0 Å². The Kier molecular flexibility index (Phi) is 5.42. The van der Waals surface area contributed by atoms with Crippen LogP contribution in [0, 0.1) is 11.3 Å². The van der Waals surface area contributed by atoms with E-state index in [1.54, 1.807) is 18.3 Å². The molecule has 0 aliphatic carbocycles. The molecule has 4 rings (SSSR count). The lowest BCUT2D eigenvalue weighted by Crippen LogP contribution is -2.39. The topological polar surface area (TPSA) is 68.1 Å². The summed E-state index contributed by atoms with van der Waals surface area (Å²) in [6.07, 6.45) is 6.37. The van der Waals surface area contributed by atoms with Crippen molar-refractivity contribution in [3.8, 4) is 6.07 Å². The Morgan fingerprint density at radius 3 is 2.66 bits per heavy atom. The molecule has 2 aromatic heterocycles. The van der Waals surface area contributed by atoms with Crippen molar-refractivity contribution >= 4 is 17.5 Å². The second-order valence-corrected chi connectivity index (χ2v) is 8.81. The highest BCUT2D eigenvalue weighted by Crippen LogP contribution is 2.38. The minimum absolute atomic E-state index is 0.144. The fourth-order valence-electron chi connectivity index (χ4n) is 4.45. The Morgan fingerprint density at radius 1 is 1.17 bits per heavy atom. The van der Waals surface area contributed by atoms with E-state index >= 15 is 0 Å². The molecule has 1 unspecified atom stereocenters. The van der Waals surface area contributed by atoms with Gasteiger partial charge in [0.1, 0.15) is 17.5 Å². The molecule has 2 fully saturated rings. The maximum absolute atomic E-state index is 9.18. The van der Waals surface area contributed by atoms with Gasteiger partial charge in [-0.3, -0.25) is 0 Å². The molecule has 2 aliphatic rings. The van der Waals surface area contributed by atoms with E-state index in [-0.39, 0.29) is 5.41 Å². The molecule has 2 aliphatic heterocycles. The number of nitrogens with zero attached hydrogens (tertiary/aromatic N) is 5. The van der Waals surface area contributed by atoms with Crippen molar-refractivity contribution in [2.24, 2.45) is 0 Å². The number of pyridine rings is 2. The summed E-state index contributed by atoms with van der Waals surface area (Å²) >= 11 is 0. The second-order valence-electron chi connectivity index (χ2n) is 8.81. The largest absolute Gasteiger partial charge is 0.354 e. The molecule has 6 nitrogen and oxygen atoms in total. The lowest BCUT2D eigenvalue weighted by Gasteiger charge is -2.39. The predicted octanol–water partition coefficient (Wildman–Crippen LogP) is 4.06. The first kappa shape index (κ1) is 19.7. The van der Waals surface area contributed by atoms with Crippen molar-refractivity contribution in [1.82, 2.24) is 14.9 Å². The molecule has 0 spiro atoms. The Morgan fingerprint density at radius 2 is 1.97 bits per heavy atom. The number of nitriles is 1. The zero-order valence-electron chi connectivity index (χ0n) is 17.6. The summed E-state index contributed by atoms with van der Waals surface area (Å²) in [4.78, 5) is 14.1. The first-order valence-corrected chi connectivity index (χ1v) is 10.6. The molecule has 29 heavy (non-hydrogen) atoms. The van der Waals surface area contributed by atoms with Gasteiger partial charge >= 0.3 is 0 Å². The smallest absolute Gasteiger partial charge is 0.134 e. The van der Waals surface area contributed by atoms with Crippen LogP contribution in [-0.2, 0) is 5.41 Å². The van der Waals surface area contributed by atoms with Gasteiger partial charge in [-0.2, -0.15) is 5.26 Å². The molecule has 6 heteroatoms. The minimum atomic E-state index is 0.144. The average Bonchev–Trinajstić information content (AvgIpc) is 3.16. The van der Waals surface area contributed by atoms with Crippen LogP contribution in [-0.4, -0.2) is 47.6 Å². The Balaban J connectivity index is 1.71. The fourth-order valence-corrected chi connectivity index (χ4v) is 4.45. The molecule has 4 heterocycles. The number of anilines is 3. The molecule has 0 saturated carbocycles. The van der Waals surface area contributed by atoms with Crippen LogP contribution in [0.15, 0.2) is 30.5 Å². The van der Waals surface area contributed by atoms with Crippen LogP contribution in [0.1, 0.15) is 50.7 Å². The molecule has 0 amide bonds. The van der Waals surface area contributed by atoms with Crippen molar-refractivity contribution < 1.29 is 0 Å². The van der Waals surface area contributed by atoms with Crippen LogP contribution in [0.4, 0.5) is 17.5 Å². The zero-order valence-corrected chi connectivity index (χ0v) is 17.6. The third kappa shape index (κ3) is 4.20. The van der Waals surface area contributed by atoms with Crippen molar-refractivity contribution in [2.75, 3.05) is 36.9 Å². The molecule has 1 N–H and O–H groups in total. The quantitative estimate of drug-likeness (QED) is 0.849. The summed E-state index contributed by atoms with van der Waals surface area (Å²) < 4.78 is 0. The Labute approximate surface area is 173 Å². The van der Waals surface area contributed by atoms with Gasteiger partial charge in [0.25, 0.3) is 0 Å². The van der Waals surface area contributed by atoms with Gasteiger partial charge < -0.3 is 15.1 Å². The summed E-state index contributed by atoms with van der Waals surface area (Å²) in [6.45, 7) is 7.94. The number of piperidine rings is 1. The monoisotopic (exact) mass is 390 g/mol. The average molecular weight is 391 g/mol. The SMILES string of the molecule is CC1CCCN1c1cc(C2(C)CCN(C)CC2)cc(Nc2cc(C#N)ccn2)n1. The fraction of sp³-hybridized carbons (Fsp3) is 0.522. The number of aromatic nitrogens is 2. The van der Waals surface area contributed by atoms with Crippen molar-refractivity contribution in [3.63, 3.8) is 0 Å². The van der Waals surface area contributed by atoms with Crippen LogP contribution in [0.25, 0.3) is 0 Å². The maximum atomic E-state index is 9.18. The van der Waals surface area contributed by atoms with E-state index in [0.717, 1.165) is 44.1 Å². The lowest BCUT2D eigenvalue weighted by molar-refractivity contribution is 0.200. The second kappa shape index (κ2) is 8.00. The predicted molar refractivity (Wildman–Crippen MR) is 117 cm³/mol. The van der Waals surface area contributed by atoms with Crippen LogP contribution < -0.4 is 10.2 Å². The number of hydrogen-bond acceptors (Lipinski definition) is 6. The van der Waals surface area contributed by atoms with Crippen LogP contribution in [0.2, 0.25) is 0 Å². The van der Waals surface area contributed by atoms with E-state index in [1.807, 2.05) is 0 Å². The van der Waals surface area contributed by atoms with Gasteiger partial charge in [-0.05, 0) is 88.0 Å². The summed E-state index contributed by atoms with van der Waals surface area (Å²) in [5.74, 6) is 2.51. The van der Waals surface area contributed by atoms with Crippen molar-refractivity contribution in [1.29, 1.82) is 5.26 Å². The lowest BCUT2D eigenvalue weighted by atomic mass is 9.75. The third-order valence-electron chi connectivity index (χ3n) is 6.59. The van der Waals surface area contributed by atoms with E-state index in [1.165, 1.54) is 18.4 Å². The van der Waals surface area contributed by atoms with Crippen molar-refractivity contribution in [3.05, 3.63) is 41.6 Å². The minimum Gasteiger partial charge on any atom is -0.354 e. The van der Waals surface area contributed by atoms with Gasteiger partial charge in [-0.15, -0.1) is 0 Å². The highest BCUT2D eigenvalue weighted by atomic mass is 15.2. The summed E-state index contributed by atoms with van der Waals surface area (Å²) in [5.41, 5.74) is 2.08. The van der Waals surface area contributed by atoms with E-state index in [2.05, 4.69) is 59.2 Å². The zero-order chi connectivity index (χ0) is 20.4. The molecule has 0 bridgehead atoms. The van der Waals surface area contributed by atoms with Gasteiger partial charge in [0.15, 0.2) is 0 Å². The molecule has 0 aromatic carbocycles. The Hall–Kier alpha value is -2.65. The van der Waals surface area contributed by atoms with E-state index in [0.29, 0.717) is 17.4 Å². The number of hydrogen-bond donors (Lipinski definition) is 1. The first-order chi connectivity index (χ1) is 14.0. The summed E-state index contributed by atoms with van der Waals surface area (Å²) in [6, 6.07) is 10.6. The van der Waals surface area contributed by atoms with Crippen molar-refractivity contribution in [2.45, 2.75) is 51.0 Å². The normalized spacial score (nSPS) is 21.7. The molecular weight excluding hydrogens is 360 g/mol. The van der Waals surface area contributed by atoms with Gasteiger partial charge in [0.2, 0.25) is 0 Å². The third-order valence-corrected chi connectivity index (χ3v) is 6.59. The van der Waals surface area contributed by atoms with Crippen LogP contribution in [0.3, 0.4) is 0 Å². The van der Waals surface area contributed by atoms with Crippen LogP contribution in [0.5, 0.6) is 0 Å². The van der Waals surface area contributed by atoms with Crippen LogP contribution >= 0.6 is 0 Å². The maximum Gasteiger partial charge on any atom is 0.134 e. The van der Waals surface area contributed by atoms with Gasteiger partial charge in [-0.25, -0.2) is 9.97 Å². The van der Waals surface area contributed by atoms with E-state index in [4.69, 9.17) is 4.98 Å². The molecule has 152 valence electrons. The molecular formula is C23H30N6. The number of rotatable bonds is 4. The number of likely N-dealkylation sites (tertiary alicyclic amines) is 1. The van der Waals surface area contributed by atoms with Gasteiger partial charge in [0.05, 0.1) is 11.6 Å². The van der Waals surface area contributed by atoms with Gasteiger partial charge in [0, 0.05) is 18.8 Å². The molecule has 2 aromatic rings.